The smallest absolute Gasteiger partial charge is 0.457 e. The number of aliphatic hydroxyl groups excluding tert-OH is 3. The summed E-state index contributed by atoms with van der Waals surface area (Å²) in [6.45, 7) is 13.3. The molecule has 0 amide bonds. The van der Waals surface area contributed by atoms with Crippen LogP contribution in [0.4, 0.5) is 11.4 Å². The van der Waals surface area contributed by atoms with Crippen molar-refractivity contribution in [3.8, 4) is 58.1 Å². The summed E-state index contributed by atoms with van der Waals surface area (Å²) < 4.78 is 48.2. The highest BCUT2D eigenvalue weighted by Gasteiger charge is 2.45. The molecule has 10 rings (SSSR count). The first kappa shape index (κ1) is 51.7. The van der Waals surface area contributed by atoms with Crippen LogP contribution in [0.15, 0.2) is 170 Å². The van der Waals surface area contributed by atoms with E-state index in [1.807, 2.05) is 6.07 Å². The minimum absolute atomic E-state index is 0.393. The van der Waals surface area contributed by atoms with Gasteiger partial charge in [0.05, 0.1) is 62.8 Å². The SMILES string of the molecule is [C-]#[N+]c1ccc(Oc2ccc(B3OB(c4ccc(Oc5ccc(C#N)cc5)cc4CO)OB(c4ccc(Oc5ccc(C#N)cc5)cc4CO)O3)c(CO)c2)cc1.[C-]#[N+]c1ccc(Oc2ccc3c(c2)COB3O)cc1. The Morgan fingerprint density at radius 3 is 1.05 bits per heavy atom. The minimum atomic E-state index is -1.12. The van der Waals surface area contributed by atoms with Crippen molar-refractivity contribution >= 4 is 61.7 Å². The van der Waals surface area contributed by atoms with Crippen LogP contribution in [-0.2, 0) is 44.8 Å². The van der Waals surface area contributed by atoms with E-state index >= 15 is 0 Å². The van der Waals surface area contributed by atoms with Crippen LogP contribution in [0.1, 0.15) is 33.4 Å². The molecule has 2 aliphatic rings. The minimum Gasteiger partial charge on any atom is -0.457 e. The summed E-state index contributed by atoms with van der Waals surface area (Å²) in [5, 5.41) is 59.4. The average molecular weight is 1000 g/mol. The van der Waals surface area contributed by atoms with Crippen molar-refractivity contribution in [2.45, 2.75) is 26.4 Å². The van der Waals surface area contributed by atoms with Crippen molar-refractivity contribution in [3.05, 3.63) is 226 Å². The second kappa shape index (κ2) is 24.3. The maximum absolute atomic E-state index is 10.5. The van der Waals surface area contributed by atoms with Gasteiger partial charge < -0.3 is 57.7 Å². The number of benzene rings is 8. The molecule has 4 N–H and O–H groups in total. The van der Waals surface area contributed by atoms with Crippen LogP contribution >= 0.6 is 0 Å². The van der Waals surface area contributed by atoms with Gasteiger partial charge in [0.25, 0.3) is 0 Å². The van der Waals surface area contributed by atoms with Gasteiger partial charge in [0.1, 0.15) is 46.0 Å². The highest BCUT2D eigenvalue weighted by atomic mass is 16.7. The summed E-state index contributed by atoms with van der Waals surface area (Å²) in [6.07, 6.45) is 0. The maximum Gasteiger partial charge on any atom is 0.491 e. The molecule has 0 unspecified atom stereocenters. The first-order valence-electron chi connectivity index (χ1n) is 23.4. The molecule has 0 aromatic heterocycles. The Labute approximate surface area is 438 Å². The molecule has 0 bridgehead atoms. The molecule has 368 valence electrons. The van der Waals surface area contributed by atoms with E-state index in [4.69, 9.17) is 61.0 Å². The largest absolute Gasteiger partial charge is 0.491 e. The second-order valence-corrected chi connectivity index (χ2v) is 16.9. The fourth-order valence-corrected chi connectivity index (χ4v) is 8.10. The van der Waals surface area contributed by atoms with E-state index in [0.717, 1.165) is 11.0 Å². The van der Waals surface area contributed by atoms with E-state index in [1.54, 1.807) is 164 Å². The molecule has 16 nitrogen and oxygen atoms in total. The molecule has 76 heavy (non-hydrogen) atoms. The van der Waals surface area contributed by atoms with Crippen LogP contribution in [0.3, 0.4) is 0 Å². The highest BCUT2D eigenvalue weighted by Crippen LogP contribution is 2.29. The van der Waals surface area contributed by atoms with Gasteiger partial charge in [-0.3, -0.25) is 0 Å². The molecule has 0 aliphatic carbocycles. The molecule has 0 saturated carbocycles. The van der Waals surface area contributed by atoms with Gasteiger partial charge in [-0.15, -0.1) is 0 Å². The van der Waals surface area contributed by atoms with Crippen LogP contribution in [0, 0.1) is 35.8 Å². The standard InChI is InChI=1S/C42H30B3N3O9.C14H10BNO3/c1-48-33-6-12-36(13-7-33)54-39-16-19-42(32(22-39)27-51)45-56-43(40-17-14-37(20-30(40)25-49)52-34-8-2-28(23-46)3-9-34)55-44(57-45)41-18-15-38(21-31(41)26-50)53-35-10-4-29(24-47)5-11-35;1-16-11-2-4-12(5-3-11)19-13-6-7-14-10(8-13)9-18-15(14)17/h2-22,49-51H,25-27H2;2-8,17H,9H2. The zero-order valence-corrected chi connectivity index (χ0v) is 40.1. The second-order valence-electron chi connectivity index (χ2n) is 16.9. The van der Waals surface area contributed by atoms with Crippen LogP contribution in [0.25, 0.3) is 9.69 Å². The van der Waals surface area contributed by atoms with E-state index < -0.39 is 48.3 Å². The van der Waals surface area contributed by atoms with Gasteiger partial charge in [-0.2, -0.15) is 10.5 Å². The lowest BCUT2D eigenvalue weighted by atomic mass is 9.59. The predicted octanol–water partition coefficient (Wildman–Crippen LogP) is 7.63. The third-order valence-corrected chi connectivity index (χ3v) is 12.0. The number of nitrogens with zero attached hydrogens (tertiary/aromatic N) is 4. The fraction of sp³-hybridized carbons (Fsp3) is 0.0714. The molecule has 1 fully saturated rings. The monoisotopic (exact) mass is 1000 g/mol. The molecule has 20 heteroatoms. The summed E-state index contributed by atoms with van der Waals surface area (Å²) in [4.78, 5) is 6.73. The molecule has 0 spiro atoms. The lowest BCUT2D eigenvalue weighted by Crippen LogP contribution is -2.62. The summed E-state index contributed by atoms with van der Waals surface area (Å²) >= 11 is 0. The normalized spacial score (nSPS) is 12.5. The fourth-order valence-electron chi connectivity index (χ4n) is 8.10. The molecule has 8 aromatic rings. The van der Waals surface area contributed by atoms with E-state index in [9.17, 15) is 20.3 Å². The van der Waals surface area contributed by atoms with Crippen molar-refractivity contribution in [3.63, 3.8) is 0 Å². The third kappa shape index (κ3) is 12.4. The van der Waals surface area contributed by atoms with Crippen molar-refractivity contribution < 1.29 is 57.7 Å². The Morgan fingerprint density at radius 2 is 0.737 bits per heavy atom. The van der Waals surface area contributed by atoms with Crippen molar-refractivity contribution in [1.82, 2.24) is 0 Å². The maximum atomic E-state index is 10.5. The quantitative estimate of drug-likeness (QED) is 0.0610. The van der Waals surface area contributed by atoms with Crippen molar-refractivity contribution in [2.24, 2.45) is 0 Å². The summed E-state index contributed by atoms with van der Waals surface area (Å²) in [6, 6.07) is 51.6. The van der Waals surface area contributed by atoms with Gasteiger partial charge in [-0.1, -0.05) is 48.5 Å². The molecule has 2 heterocycles. The molecule has 8 aromatic carbocycles. The number of aliphatic hydroxyl groups is 3. The van der Waals surface area contributed by atoms with Gasteiger partial charge in [-0.05, 0) is 165 Å². The van der Waals surface area contributed by atoms with Crippen LogP contribution in [0.2, 0.25) is 0 Å². The Morgan fingerprint density at radius 1 is 0.434 bits per heavy atom. The Balaban J connectivity index is 0.000000309. The number of hydrogen-bond donors (Lipinski definition) is 4. The van der Waals surface area contributed by atoms with Crippen LogP contribution in [0.5, 0.6) is 46.0 Å². The highest BCUT2D eigenvalue weighted by molar-refractivity contribution is 6.87. The molecule has 0 radical (unpaired) electrons. The molecular weight excluding hydrogens is 964 g/mol. The number of ether oxygens (including phenoxy) is 4. The van der Waals surface area contributed by atoms with Gasteiger partial charge in [0.2, 0.25) is 0 Å². The number of fused-ring (bicyclic) bond motifs is 1. The Hall–Kier alpha value is -9.14. The van der Waals surface area contributed by atoms with Crippen LogP contribution < -0.4 is 40.8 Å². The van der Waals surface area contributed by atoms with E-state index in [-0.39, 0.29) is 0 Å². The zero-order valence-electron chi connectivity index (χ0n) is 40.1. The van der Waals surface area contributed by atoms with Gasteiger partial charge in [-0.25, -0.2) is 9.69 Å². The topological polar surface area (TPSA) is 211 Å². The third-order valence-electron chi connectivity index (χ3n) is 12.0. The first-order chi connectivity index (χ1) is 37.1. The van der Waals surface area contributed by atoms with E-state index in [1.165, 1.54) is 0 Å². The lowest BCUT2D eigenvalue weighted by molar-refractivity contribution is 0.275. The lowest BCUT2D eigenvalue weighted by Gasteiger charge is -2.33. The number of hydrogen-bond acceptors (Lipinski definition) is 14. The van der Waals surface area contributed by atoms with Gasteiger partial charge in [0, 0.05) is 0 Å². The average Bonchev–Trinajstić information content (AvgIpc) is 3.86. The Bertz CT molecular complexity index is 3250. The van der Waals surface area contributed by atoms with Crippen molar-refractivity contribution in [2.75, 3.05) is 0 Å². The molecular formula is C56H40B4N4O12. The van der Waals surface area contributed by atoms with Crippen LogP contribution in [-0.4, -0.2) is 48.8 Å². The first-order valence-corrected chi connectivity index (χ1v) is 23.4. The zero-order chi connectivity index (χ0) is 53.0. The van der Waals surface area contributed by atoms with Gasteiger partial charge >= 0.3 is 28.5 Å². The molecule has 1 saturated heterocycles. The predicted molar refractivity (Wildman–Crippen MR) is 283 cm³/mol. The summed E-state index contributed by atoms with van der Waals surface area (Å²) in [7, 11) is -4.19. The molecule has 2 aliphatic heterocycles. The van der Waals surface area contributed by atoms with Gasteiger partial charge in [0.15, 0.2) is 11.4 Å². The summed E-state index contributed by atoms with van der Waals surface area (Å²) in [5.74, 6) is 4.14. The number of nitriles is 2. The number of rotatable bonds is 14. The van der Waals surface area contributed by atoms with Crippen molar-refractivity contribution in [1.29, 1.82) is 10.5 Å². The Kier molecular flexibility index (Phi) is 16.5. The molecule has 0 atom stereocenters. The van der Waals surface area contributed by atoms with E-state index in [2.05, 4.69) is 21.8 Å². The summed E-state index contributed by atoms with van der Waals surface area (Å²) in [5.41, 5.74) is 6.50. The van der Waals surface area contributed by atoms with E-state index in [0.29, 0.717) is 108 Å².